The summed E-state index contributed by atoms with van der Waals surface area (Å²) in [5, 5.41) is 0. The van der Waals surface area contributed by atoms with Gasteiger partial charge in [0.2, 0.25) is 0 Å². The summed E-state index contributed by atoms with van der Waals surface area (Å²) in [6.45, 7) is 8.40. The van der Waals surface area contributed by atoms with Gasteiger partial charge in [-0.15, -0.1) is 24.8 Å². The van der Waals surface area contributed by atoms with Crippen LogP contribution in [-0.2, 0) is 20.0 Å². The molecule has 0 aliphatic heterocycles. The van der Waals surface area contributed by atoms with Crippen LogP contribution in [0.25, 0.3) is 0 Å². The monoisotopic (exact) mass is 320 g/mol. The molecule has 0 radical (unpaired) electrons. The van der Waals surface area contributed by atoms with Crippen molar-refractivity contribution in [2.45, 2.75) is 27.7 Å². The molecule has 0 heterocycles. The van der Waals surface area contributed by atoms with Crippen molar-refractivity contribution in [1.82, 2.24) is 0 Å². The maximum absolute atomic E-state index is 3.25. The zero-order valence-electron chi connectivity index (χ0n) is 11.5. The van der Waals surface area contributed by atoms with E-state index in [0.717, 1.165) is 0 Å². The van der Waals surface area contributed by atoms with E-state index in [4.69, 9.17) is 0 Å². The van der Waals surface area contributed by atoms with Crippen molar-refractivity contribution in [2.75, 3.05) is 0 Å². The van der Waals surface area contributed by atoms with Crippen LogP contribution in [0.2, 0.25) is 0 Å². The molecule has 2 aliphatic carbocycles. The first-order chi connectivity index (χ1) is 7.58. The minimum absolute atomic E-state index is 0. The molecule has 0 saturated heterocycles. The van der Waals surface area contributed by atoms with Crippen LogP contribution >= 0.6 is 24.8 Å². The summed E-state index contributed by atoms with van der Waals surface area (Å²) in [6.07, 6.45) is 14.9. The molecular formula is C15H22Cl2Ti. The minimum atomic E-state index is 0. The zero-order valence-corrected chi connectivity index (χ0v) is 14.7. The van der Waals surface area contributed by atoms with Crippen LogP contribution in [-0.4, -0.2) is 4.82 Å². The molecule has 2 aliphatic rings. The molecule has 0 saturated carbocycles. The molecule has 0 bridgehead atoms. The molecule has 18 heavy (non-hydrogen) atoms. The average molecular weight is 321 g/mol. The SMILES string of the molecule is CC1=[C-]C(C)C=C1.CC1=[C-]C(C)C=C1.Cl.Cl.[CH2]=[Ti+2]. The molecular weight excluding hydrogens is 299 g/mol. The summed E-state index contributed by atoms with van der Waals surface area (Å²) < 4.78 is 0. The van der Waals surface area contributed by atoms with Crippen LogP contribution < -0.4 is 0 Å². The van der Waals surface area contributed by atoms with Gasteiger partial charge in [-0.2, -0.15) is 12.2 Å². The van der Waals surface area contributed by atoms with Crippen molar-refractivity contribution < 1.29 is 20.0 Å². The van der Waals surface area contributed by atoms with Crippen LogP contribution in [0, 0.1) is 24.0 Å². The second kappa shape index (κ2) is 13.6. The Morgan fingerprint density at radius 2 is 1.17 bits per heavy atom. The molecule has 0 N–H and O–H groups in total. The molecule has 0 amide bonds. The van der Waals surface area contributed by atoms with Crippen molar-refractivity contribution in [3.63, 3.8) is 0 Å². The summed E-state index contributed by atoms with van der Waals surface area (Å²) in [6, 6.07) is 0. The molecule has 0 aromatic rings. The Labute approximate surface area is 136 Å². The van der Waals surface area contributed by atoms with Crippen molar-refractivity contribution in [1.29, 1.82) is 0 Å². The molecule has 0 fully saturated rings. The molecule has 0 nitrogen and oxygen atoms in total. The van der Waals surface area contributed by atoms with E-state index in [2.05, 4.69) is 69.0 Å². The van der Waals surface area contributed by atoms with Gasteiger partial charge in [-0.25, -0.2) is 23.3 Å². The summed E-state index contributed by atoms with van der Waals surface area (Å²) in [7, 11) is 0. The van der Waals surface area contributed by atoms with Gasteiger partial charge in [0.25, 0.3) is 0 Å². The molecule has 100 valence electrons. The number of hydrogen-bond acceptors (Lipinski definition) is 0. The third kappa shape index (κ3) is 11.2. The van der Waals surface area contributed by atoms with E-state index >= 15 is 0 Å². The van der Waals surface area contributed by atoms with Crippen LogP contribution in [0.3, 0.4) is 0 Å². The van der Waals surface area contributed by atoms with E-state index in [0.29, 0.717) is 11.8 Å². The molecule has 0 spiro atoms. The van der Waals surface area contributed by atoms with Gasteiger partial charge in [-0.05, 0) is 0 Å². The van der Waals surface area contributed by atoms with Crippen LogP contribution in [0.15, 0.2) is 35.5 Å². The van der Waals surface area contributed by atoms with Crippen LogP contribution in [0.1, 0.15) is 27.7 Å². The molecule has 2 atom stereocenters. The number of allylic oxidation sites excluding steroid dienone is 8. The summed E-state index contributed by atoms with van der Waals surface area (Å²) in [5.74, 6) is 1.11. The quantitative estimate of drug-likeness (QED) is 0.448. The van der Waals surface area contributed by atoms with Gasteiger partial charge in [0.05, 0.1) is 0 Å². The molecule has 3 heteroatoms. The molecule has 2 rings (SSSR count). The first kappa shape index (κ1) is 23.2. The van der Waals surface area contributed by atoms with Crippen molar-refractivity contribution in [2.24, 2.45) is 11.8 Å². The molecule has 0 aromatic carbocycles. The van der Waals surface area contributed by atoms with Gasteiger partial charge in [-0.3, -0.25) is 12.2 Å². The Kier molecular flexibility index (Phi) is 17.5. The van der Waals surface area contributed by atoms with E-state index in [-0.39, 0.29) is 24.8 Å². The number of halogens is 2. The van der Waals surface area contributed by atoms with E-state index < -0.39 is 0 Å². The maximum atomic E-state index is 3.25. The predicted molar refractivity (Wildman–Crippen MR) is 83.1 cm³/mol. The van der Waals surface area contributed by atoms with Crippen molar-refractivity contribution >= 4 is 29.6 Å². The van der Waals surface area contributed by atoms with Gasteiger partial charge >= 0.3 is 24.8 Å². The average Bonchev–Trinajstić information content (AvgIpc) is 2.80. The fraction of sp³-hybridized carbons (Fsp3) is 0.400. The Balaban J connectivity index is -0.000000200. The first-order valence-electron chi connectivity index (χ1n) is 5.50. The van der Waals surface area contributed by atoms with Gasteiger partial charge in [0.1, 0.15) is 0 Å². The van der Waals surface area contributed by atoms with E-state index in [1.165, 1.54) is 11.1 Å². The van der Waals surface area contributed by atoms with E-state index in [1.807, 2.05) is 0 Å². The molecule has 2 unspecified atom stereocenters. The summed E-state index contributed by atoms with van der Waals surface area (Å²) in [5.41, 5.74) is 2.54. The Hall–Kier alpha value is 0.124. The normalized spacial score (nSPS) is 22.3. The Bertz CT molecular complexity index is 295. The van der Waals surface area contributed by atoms with Gasteiger partial charge in [-0.1, -0.05) is 39.5 Å². The molecule has 0 aromatic heterocycles. The zero-order chi connectivity index (χ0) is 12.6. The van der Waals surface area contributed by atoms with Gasteiger partial charge in [0.15, 0.2) is 0 Å². The predicted octanol–water partition coefficient (Wildman–Crippen LogP) is 4.69. The van der Waals surface area contributed by atoms with Gasteiger partial charge < -0.3 is 0 Å². The fourth-order valence-corrected chi connectivity index (χ4v) is 1.49. The fourth-order valence-electron chi connectivity index (χ4n) is 1.49. The van der Waals surface area contributed by atoms with Crippen molar-refractivity contribution in [3.05, 3.63) is 47.6 Å². The second-order valence-corrected chi connectivity index (χ2v) is 3.95. The third-order valence-corrected chi connectivity index (χ3v) is 2.18. The standard InChI is InChI=1S/2C7H9.CH2.2ClH.Ti/c2*1-6-3-4-7(2)5-6;;;;/h2*3-4,6H,1-2H3;1H2;2*1H;/q2*-1;;;;+2. The van der Waals surface area contributed by atoms with Crippen molar-refractivity contribution in [3.8, 4) is 0 Å². The van der Waals surface area contributed by atoms with Crippen LogP contribution in [0.4, 0.5) is 0 Å². The van der Waals surface area contributed by atoms with Crippen LogP contribution in [0.5, 0.6) is 0 Å². The first-order valence-corrected chi connectivity index (χ1v) is 6.60. The van der Waals surface area contributed by atoms with E-state index in [1.54, 1.807) is 20.0 Å². The second-order valence-electron chi connectivity index (χ2n) is 3.95. The summed E-state index contributed by atoms with van der Waals surface area (Å²) in [4.78, 5) is 3.25. The Morgan fingerprint density at radius 1 is 0.889 bits per heavy atom. The number of rotatable bonds is 0. The van der Waals surface area contributed by atoms with Gasteiger partial charge in [0, 0.05) is 0 Å². The third-order valence-electron chi connectivity index (χ3n) is 2.18. The topological polar surface area (TPSA) is 0 Å². The Morgan fingerprint density at radius 3 is 1.22 bits per heavy atom. The number of hydrogen-bond donors (Lipinski definition) is 0. The van der Waals surface area contributed by atoms with E-state index in [9.17, 15) is 0 Å². The summed E-state index contributed by atoms with van der Waals surface area (Å²) >= 11 is 1.75.